The van der Waals surface area contributed by atoms with E-state index < -0.39 is 17.9 Å². The zero-order chi connectivity index (χ0) is 23.2. The normalized spacial score (nSPS) is 13.2. The van der Waals surface area contributed by atoms with Crippen LogP contribution in [0.1, 0.15) is 20.9 Å². The summed E-state index contributed by atoms with van der Waals surface area (Å²) in [6, 6.07) is 11.5. The Morgan fingerprint density at radius 1 is 1.24 bits per heavy atom. The van der Waals surface area contributed by atoms with Crippen molar-refractivity contribution < 1.29 is 24.2 Å². The molecule has 2 aromatic heterocycles. The van der Waals surface area contributed by atoms with Gasteiger partial charge in [0.2, 0.25) is 5.88 Å². The Kier molecular flexibility index (Phi) is 7.31. The molecule has 0 saturated heterocycles. The van der Waals surface area contributed by atoms with Crippen LogP contribution in [0.15, 0.2) is 47.8 Å². The first-order chi connectivity index (χ1) is 16.0. The lowest BCUT2D eigenvalue weighted by molar-refractivity contribution is -0.139. The van der Waals surface area contributed by atoms with Crippen LogP contribution in [-0.2, 0) is 17.6 Å². The summed E-state index contributed by atoms with van der Waals surface area (Å²) < 4.78 is 11.3. The number of halogens is 1. The minimum Gasteiger partial charge on any atom is -0.493 e. The first kappa shape index (κ1) is 22.9. The number of ether oxygens (including phenoxy) is 2. The van der Waals surface area contributed by atoms with Gasteiger partial charge in [0, 0.05) is 25.1 Å². The van der Waals surface area contributed by atoms with Crippen molar-refractivity contribution in [3.05, 3.63) is 69.0 Å². The van der Waals surface area contributed by atoms with Crippen LogP contribution in [0, 0.1) is 0 Å². The fraction of sp³-hybridized carbons (Fsp3) is 0.261. The molecule has 0 unspecified atom stereocenters. The van der Waals surface area contributed by atoms with Gasteiger partial charge in [-0.3, -0.25) is 4.79 Å². The average molecular weight is 488 g/mol. The Bertz CT molecular complexity index is 1140. The second-order valence-electron chi connectivity index (χ2n) is 7.34. The van der Waals surface area contributed by atoms with Crippen molar-refractivity contribution >= 4 is 40.5 Å². The van der Waals surface area contributed by atoms with E-state index in [1.54, 1.807) is 35.7 Å². The number of carboxylic acids is 1. The third kappa shape index (κ3) is 5.94. The number of benzene rings is 1. The van der Waals surface area contributed by atoms with Crippen molar-refractivity contribution in [2.24, 2.45) is 0 Å². The number of thiophene rings is 1. The maximum atomic E-state index is 12.3. The number of aliphatic carboxylic acids is 1. The topological polar surface area (TPSA) is 110 Å². The lowest BCUT2D eigenvalue weighted by Gasteiger charge is -2.18. The molecular formula is C23H22ClN3O5S. The number of pyridine rings is 1. The molecule has 3 aromatic rings. The van der Waals surface area contributed by atoms with Crippen molar-refractivity contribution in [1.29, 1.82) is 0 Å². The number of amides is 1. The van der Waals surface area contributed by atoms with Crippen molar-refractivity contribution in [3.8, 4) is 11.6 Å². The predicted octanol–water partition coefficient (Wildman–Crippen LogP) is 3.65. The summed E-state index contributed by atoms with van der Waals surface area (Å²) in [5.41, 5.74) is 2.53. The molecule has 1 atom stereocenters. The van der Waals surface area contributed by atoms with E-state index in [-0.39, 0.29) is 6.42 Å². The molecule has 0 aliphatic carbocycles. The van der Waals surface area contributed by atoms with Gasteiger partial charge in [-0.05, 0) is 41.3 Å². The van der Waals surface area contributed by atoms with Crippen LogP contribution in [0.5, 0.6) is 11.6 Å². The number of fused-ring (bicyclic) bond motifs is 1. The minimum atomic E-state index is -1.12. The van der Waals surface area contributed by atoms with Gasteiger partial charge in [0.1, 0.15) is 23.3 Å². The summed E-state index contributed by atoms with van der Waals surface area (Å²) in [6.07, 6.45) is 0.758. The molecule has 0 saturated carbocycles. The number of hydrogen-bond acceptors (Lipinski definition) is 7. The second-order valence-corrected chi connectivity index (χ2v) is 8.66. The number of nitrogens with zero attached hydrogens (tertiary/aromatic N) is 1. The molecule has 10 heteroatoms. The van der Waals surface area contributed by atoms with Crippen LogP contribution in [-0.4, -0.2) is 47.8 Å². The number of aromatic nitrogens is 1. The molecule has 1 aliphatic heterocycles. The van der Waals surface area contributed by atoms with Crippen molar-refractivity contribution in [3.63, 3.8) is 0 Å². The minimum absolute atomic E-state index is 0.136. The van der Waals surface area contributed by atoms with E-state index in [1.165, 1.54) is 0 Å². The predicted molar refractivity (Wildman–Crippen MR) is 126 cm³/mol. The number of carbonyl (C=O) groups excluding carboxylic acids is 1. The molecule has 1 aromatic carbocycles. The average Bonchev–Trinajstić information content (AvgIpc) is 3.25. The molecule has 1 aliphatic rings. The van der Waals surface area contributed by atoms with E-state index >= 15 is 0 Å². The lowest BCUT2D eigenvalue weighted by Crippen LogP contribution is -2.42. The molecule has 0 radical (unpaired) electrons. The standard InChI is InChI=1S/C23H22ClN3O5S/c24-17-8-12-33-20(17)21(28)27-19(23(29)30)13-14-1-4-16(5-2-14)31-10-7-15-3-6-18-22(26-15)32-11-9-25-18/h1-6,8,12,19,25H,7,9-11,13H2,(H,27,28)(H,29,30)/t19-/m0/s1. The first-order valence-electron chi connectivity index (χ1n) is 10.3. The van der Waals surface area contributed by atoms with Gasteiger partial charge in [-0.2, -0.15) is 0 Å². The zero-order valence-electron chi connectivity index (χ0n) is 17.5. The summed E-state index contributed by atoms with van der Waals surface area (Å²) in [7, 11) is 0. The molecule has 3 heterocycles. The number of nitrogens with one attached hydrogen (secondary N) is 2. The van der Waals surface area contributed by atoms with Gasteiger partial charge in [0.05, 0.1) is 17.3 Å². The summed E-state index contributed by atoms with van der Waals surface area (Å²) in [6.45, 7) is 1.81. The Morgan fingerprint density at radius 3 is 2.79 bits per heavy atom. The van der Waals surface area contributed by atoms with Gasteiger partial charge < -0.3 is 25.2 Å². The zero-order valence-corrected chi connectivity index (χ0v) is 19.1. The third-order valence-corrected chi connectivity index (χ3v) is 6.33. The Hall–Kier alpha value is -3.30. The smallest absolute Gasteiger partial charge is 0.326 e. The number of rotatable bonds is 9. The Balaban J connectivity index is 1.29. The fourth-order valence-electron chi connectivity index (χ4n) is 3.31. The van der Waals surface area contributed by atoms with E-state index in [4.69, 9.17) is 21.1 Å². The number of anilines is 1. The lowest BCUT2D eigenvalue weighted by atomic mass is 10.1. The monoisotopic (exact) mass is 487 g/mol. The van der Waals surface area contributed by atoms with Gasteiger partial charge in [-0.15, -0.1) is 11.3 Å². The first-order valence-corrected chi connectivity index (χ1v) is 11.6. The molecule has 1 amide bonds. The Labute approximate surface area is 199 Å². The van der Waals surface area contributed by atoms with Crippen LogP contribution in [0.25, 0.3) is 0 Å². The van der Waals surface area contributed by atoms with Crippen LogP contribution in [0.3, 0.4) is 0 Å². The highest BCUT2D eigenvalue weighted by Crippen LogP contribution is 2.25. The van der Waals surface area contributed by atoms with Gasteiger partial charge in [-0.25, -0.2) is 9.78 Å². The highest BCUT2D eigenvalue weighted by atomic mass is 35.5. The third-order valence-electron chi connectivity index (χ3n) is 4.99. The molecule has 8 nitrogen and oxygen atoms in total. The van der Waals surface area contributed by atoms with Gasteiger partial charge in [-0.1, -0.05) is 23.7 Å². The van der Waals surface area contributed by atoms with Gasteiger partial charge >= 0.3 is 5.97 Å². The molecular weight excluding hydrogens is 466 g/mol. The van der Waals surface area contributed by atoms with E-state index in [0.717, 1.165) is 34.8 Å². The van der Waals surface area contributed by atoms with E-state index in [9.17, 15) is 14.7 Å². The maximum Gasteiger partial charge on any atom is 0.326 e. The highest BCUT2D eigenvalue weighted by molar-refractivity contribution is 7.12. The van der Waals surface area contributed by atoms with E-state index in [1.807, 2.05) is 12.1 Å². The molecule has 3 N–H and O–H groups in total. The highest BCUT2D eigenvalue weighted by Gasteiger charge is 2.23. The fourth-order valence-corrected chi connectivity index (χ4v) is 4.35. The quantitative estimate of drug-likeness (QED) is 0.422. The summed E-state index contributed by atoms with van der Waals surface area (Å²) in [5.74, 6) is -0.340. The number of hydrogen-bond donors (Lipinski definition) is 3. The summed E-state index contributed by atoms with van der Waals surface area (Å²) in [5, 5.41) is 17.3. The second kappa shape index (κ2) is 10.5. The largest absolute Gasteiger partial charge is 0.493 e. The van der Waals surface area contributed by atoms with Crippen LogP contribution < -0.4 is 20.1 Å². The van der Waals surface area contributed by atoms with Gasteiger partial charge in [0.15, 0.2) is 0 Å². The number of carbonyl (C=O) groups is 2. The van der Waals surface area contributed by atoms with Crippen molar-refractivity contribution in [1.82, 2.24) is 10.3 Å². The molecule has 0 bridgehead atoms. The van der Waals surface area contributed by atoms with Crippen molar-refractivity contribution in [2.45, 2.75) is 18.9 Å². The van der Waals surface area contributed by atoms with E-state index in [2.05, 4.69) is 15.6 Å². The Morgan fingerprint density at radius 2 is 2.06 bits per heavy atom. The molecule has 33 heavy (non-hydrogen) atoms. The molecule has 172 valence electrons. The summed E-state index contributed by atoms with van der Waals surface area (Å²) in [4.78, 5) is 28.7. The maximum absolute atomic E-state index is 12.3. The van der Waals surface area contributed by atoms with Crippen LogP contribution >= 0.6 is 22.9 Å². The van der Waals surface area contributed by atoms with Crippen LogP contribution in [0.4, 0.5) is 5.69 Å². The van der Waals surface area contributed by atoms with E-state index in [0.29, 0.717) is 41.2 Å². The summed E-state index contributed by atoms with van der Waals surface area (Å²) >= 11 is 7.13. The molecule has 0 fully saturated rings. The van der Waals surface area contributed by atoms with Gasteiger partial charge in [0.25, 0.3) is 5.91 Å². The number of carboxylic acid groups (broad SMARTS) is 1. The molecule has 4 rings (SSSR count). The SMILES string of the molecule is O=C(N[C@@H](Cc1ccc(OCCc2ccc3c(n2)OCCN3)cc1)C(=O)O)c1sccc1Cl. The van der Waals surface area contributed by atoms with Crippen LogP contribution in [0.2, 0.25) is 5.02 Å². The van der Waals surface area contributed by atoms with Crippen molar-refractivity contribution in [2.75, 3.05) is 25.1 Å². The molecule has 0 spiro atoms.